The number of hydrogen-bond acceptors (Lipinski definition) is 9. The number of carbonyl (C=O) groups is 2. The molecule has 0 radical (unpaired) electrons. The number of nitrogens with zero attached hydrogens (tertiary/aromatic N) is 4. The smallest absolute Gasteiger partial charge is 0.333 e. The van der Waals surface area contributed by atoms with E-state index in [1.54, 1.807) is 17.1 Å². The Morgan fingerprint density at radius 1 is 1.37 bits per heavy atom. The number of thiazole rings is 1. The molecule has 0 fully saturated rings. The fourth-order valence-electron chi connectivity index (χ4n) is 2.11. The SMILES string of the molecule is O=C(CCn1ccnn1)OCc1ccc2nc(SCC(O)C(=O)O)sc2c1. The minimum Gasteiger partial charge on any atom is -0.479 e. The second-order valence-corrected chi connectivity index (χ2v) is 7.82. The van der Waals surface area contributed by atoms with Crippen LogP contribution in [0, 0.1) is 0 Å². The van der Waals surface area contributed by atoms with Gasteiger partial charge in [-0.25, -0.2) is 9.78 Å². The number of ether oxygens (including phenoxy) is 1. The molecule has 0 bridgehead atoms. The zero-order valence-electron chi connectivity index (χ0n) is 14.0. The summed E-state index contributed by atoms with van der Waals surface area (Å²) >= 11 is 2.59. The van der Waals surface area contributed by atoms with Gasteiger partial charge in [0.15, 0.2) is 10.4 Å². The monoisotopic (exact) mass is 408 g/mol. The zero-order chi connectivity index (χ0) is 19.2. The average molecular weight is 408 g/mol. The number of aliphatic hydroxyl groups excluding tert-OH is 1. The maximum Gasteiger partial charge on any atom is 0.333 e. The number of esters is 1. The van der Waals surface area contributed by atoms with E-state index in [1.807, 2.05) is 18.2 Å². The zero-order valence-corrected chi connectivity index (χ0v) is 15.7. The Morgan fingerprint density at radius 3 is 2.96 bits per heavy atom. The highest BCUT2D eigenvalue weighted by molar-refractivity contribution is 8.01. The number of carboxylic acid groups (broad SMARTS) is 1. The van der Waals surface area contributed by atoms with Gasteiger partial charge < -0.3 is 14.9 Å². The van der Waals surface area contributed by atoms with Crippen LogP contribution >= 0.6 is 23.1 Å². The molecule has 142 valence electrons. The van der Waals surface area contributed by atoms with Crippen molar-refractivity contribution in [2.45, 2.75) is 30.0 Å². The number of fused-ring (bicyclic) bond motifs is 1. The Kier molecular flexibility index (Phi) is 6.37. The molecule has 2 aromatic heterocycles. The molecule has 27 heavy (non-hydrogen) atoms. The maximum atomic E-state index is 11.8. The maximum absolute atomic E-state index is 11.8. The van der Waals surface area contributed by atoms with Crippen molar-refractivity contribution in [2.75, 3.05) is 5.75 Å². The van der Waals surface area contributed by atoms with E-state index in [0.717, 1.165) is 15.8 Å². The summed E-state index contributed by atoms with van der Waals surface area (Å²) in [6.45, 7) is 0.569. The number of aryl methyl sites for hydroxylation is 1. The van der Waals surface area contributed by atoms with E-state index < -0.39 is 12.1 Å². The molecule has 0 aliphatic heterocycles. The second-order valence-electron chi connectivity index (χ2n) is 5.52. The van der Waals surface area contributed by atoms with Crippen LogP contribution in [0.1, 0.15) is 12.0 Å². The van der Waals surface area contributed by atoms with Crippen LogP contribution < -0.4 is 0 Å². The van der Waals surface area contributed by atoms with Gasteiger partial charge in [0.2, 0.25) is 0 Å². The van der Waals surface area contributed by atoms with Gasteiger partial charge in [-0.2, -0.15) is 0 Å². The van der Waals surface area contributed by atoms with Crippen molar-refractivity contribution in [1.82, 2.24) is 20.0 Å². The summed E-state index contributed by atoms with van der Waals surface area (Å²) in [5.41, 5.74) is 1.61. The molecule has 0 aliphatic rings. The van der Waals surface area contributed by atoms with E-state index in [9.17, 15) is 14.7 Å². The van der Waals surface area contributed by atoms with Crippen LogP contribution in [0.5, 0.6) is 0 Å². The number of aliphatic hydroxyl groups is 1. The highest BCUT2D eigenvalue weighted by Gasteiger charge is 2.15. The summed E-state index contributed by atoms with van der Waals surface area (Å²) in [5, 5.41) is 25.5. The van der Waals surface area contributed by atoms with Gasteiger partial charge in [-0.3, -0.25) is 9.48 Å². The Balaban J connectivity index is 1.53. The lowest BCUT2D eigenvalue weighted by Gasteiger charge is -2.05. The molecule has 2 N–H and O–H groups in total. The van der Waals surface area contributed by atoms with Gasteiger partial charge in [0.05, 0.1) is 29.4 Å². The number of hydrogen-bond donors (Lipinski definition) is 2. The largest absolute Gasteiger partial charge is 0.479 e. The normalized spacial score (nSPS) is 12.2. The van der Waals surface area contributed by atoms with Gasteiger partial charge in [-0.15, -0.1) is 16.4 Å². The molecular formula is C16H16N4O5S2. The van der Waals surface area contributed by atoms with Crippen molar-refractivity contribution in [2.24, 2.45) is 0 Å². The summed E-state index contributed by atoms with van der Waals surface area (Å²) < 4.78 is 8.40. The summed E-state index contributed by atoms with van der Waals surface area (Å²) in [6, 6.07) is 5.53. The number of aliphatic carboxylic acids is 1. The van der Waals surface area contributed by atoms with E-state index >= 15 is 0 Å². The molecule has 3 rings (SSSR count). The lowest BCUT2D eigenvalue weighted by atomic mass is 10.2. The molecule has 0 spiro atoms. The molecule has 9 nitrogen and oxygen atoms in total. The van der Waals surface area contributed by atoms with Crippen LogP contribution in [-0.4, -0.2) is 54.0 Å². The first kappa shape index (κ1) is 19.3. The van der Waals surface area contributed by atoms with E-state index in [0.29, 0.717) is 10.9 Å². The first-order valence-electron chi connectivity index (χ1n) is 7.94. The van der Waals surface area contributed by atoms with Gasteiger partial charge in [0.25, 0.3) is 0 Å². The molecule has 3 aromatic rings. The molecule has 1 aromatic carbocycles. The van der Waals surface area contributed by atoms with Crippen LogP contribution in [0.3, 0.4) is 0 Å². The third-order valence-electron chi connectivity index (χ3n) is 3.50. The Bertz CT molecular complexity index is 928. The second kappa shape index (κ2) is 8.93. The topological polar surface area (TPSA) is 127 Å². The lowest BCUT2D eigenvalue weighted by molar-refractivity contribution is -0.146. The van der Waals surface area contributed by atoms with Crippen molar-refractivity contribution in [3.8, 4) is 0 Å². The first-order valence-corrected chi connectivity index (χ1v) is 9.74. The molecule has 2 heterocycles. The molecule has 0 aliphatic carbocycles. The number of rotatable bonds is 9. The fraction of sp³-hybridized carbons (Fsp3) is 0.312. The lowest BCUT2D eigenvalue weighted by Crippen LogP contribution is -2.21. The highest BCUT2D eigenvalue weighted by Crippen LogP contribution is 2.30. The summed E-state index contributed by atoms with van der Waals surface area (Å²) in [6.07, 6.45) is 2.01. The molecule has 0 saturated heterocycles. The molecule has 1 unspecified atom stereocenters. The van der Waals surface area contributed by atoms with E-state index in [4.69, 9.17) is 9.84 Å². The van der Waals surface area contributed by atoms with Gasteiger partial charge >= 0.3 is 11.9 Å². The van der Waals surface area contributed by atoms with Crippen LogP contribution in [0.2, 0.25) is 0 Å². The van der Waals surface area contributed by atoms with E-state index in [2.05, 4.69) is 15.3 Å². The molecular weight excluding hydrogens is 392 g/mol. The third-order valence-corrected chi connectivity index (χ3v) is 5.74. The van der Waals surface area contributed by atoms with E-state index in [-0.39, 0.29) is 24.7 Å². The van der Waals surface area contributed by atoms with Crippen LogP contribution in [0.25, 0.3) is 10.2 Å². The van der Waals surface area contributed by atoms with Gasteiger partial charge in [-0.05, 0) is 17.7 Å². The summed E-state index contributed by atoms with van der Waals surface area (Å²) in [5.74, 6) is -1.55. The van der Waals surface area contributed by atoms with Gasteiger partial charge in [0, 0.05) is 11.9 Å². The average Bonchev–Trinajstić information content (AvgIpc) is 3.31. The number of carboxylic acids is 1. The van der Waals surface area contributed by atoms with Crippen molar-refractivity contribution in [1.29, 1.82) is 0 Å². The summed E-state index contributed by atoms with van der Waals surface area (Å²) in [4.78, 5) is 26.9. The number of benzene rings is 1. The van der Waals surface area contributed by atoms with Crippen LogP contribution in [0.4, 0.5) is 0 Å². The number of aromatic nitrogens is 4. The quantitative estimate of drug-likeness (QED) is 0.400. The van der Waals surface area contributed by atoms with Gasteiger partial charge in [0.1, 0.15) is 6.61 Å². The van der Waals surface area contributed by atoms with Crippen molar-refractivity contribution < 1.29 is 24.5 Å². The van der Waals surface area contributed by atoms with Crippen LogP contribution in [0.15, 0.2) is 34.9 Å². The summed E-state index contributed by atoms with van der Waals surface area (Å²) in [7, 11) is 0. The fourth-order valence-corrected chi connectivity index (χ4v) is 4.19. The number of carbonyl (C=O) groups excluding carboxylic acids is 1. The van der Waals surface area contributed by atoms with Crippen molar-refractivity contribution >= 4 is 45.3 Å². The Hall–Kier alpha value is -2.50. The van der Waals surface area contributed by atoms with Crippen molar-refractivity contribution in [3.63, 3.8) is 0 Å². The van der Waals surface area contributed by atoms with E-state index in [1.165, 1.54) is 23.1 Å². The third kappa shape index (κ3) is 5.49. The molecule has 0 amide bonds. The standard InChI is InChI=1S/C16H16N4O5S2/c21-12(15(23)24)9-26-16-18-11-2-1-10(7-13(11)27-16)8-25-14(22)3-5-20-6-4-17-19-20/h1-2,4,6-7,12,21H,3,5,8-9H2,(H,23,24). The minimum absolute atomic E-state index is 0.0331. The minimum atomic E-state index is -1.42. The Morgan fingerprint density at radius 2 is 2.22 bits per heavy atom. The predicted octanol–water partition coefficient (Wildman–Crippen LogP) is 1.56. The van der Waals surface area contributed by atoms with Crippen molar-refractivity contribution in [3.05, 3.63) is 36.2 Å². The molecule has 11 heteroatoms. The van der Waals surface area contributed by atoms with Crippen LogP contribution in [-0.2, 0) is 27.5 Å². The molecule has 1 atom stereocenters. The van der Waals surface area contributed by atoms with Gasteiger partial charge in [-0.1, -0.05) is 23.0 Å². The first-order chi connectivity index (χ1) is 13.0. The highest BCUT2D eigenvalue weighted by atomic mass is 32.2. The molecule has 0 saturated carbocycles. The predicted molar refractivity (Wildman–Crippen MR) is 98.4 cm³/mol. The Labute approximate surface area is 162 Å². The number of thioether (sulfide) groups is 1.